The van der Waals surface area contributed by atoms with Crippen LogP contribution in [0.15, 0.2) is 0 Å². The fourth-order valence-electron chi connectivity index (χ4n) is 0.290. The molecule has 0 saturated carbocycles. The minimum Gasteiger partial charge on any atom is -0.375 e. The van der Waals surface area contributed by atoms with E-state index in [1.807, 2.05) is 0 Å². The molecule has 0 radical (unpaired) electrons. The van der Waals surface area contributed by atoms with Gasteiger partial charge in [0.1, 0.15) is 6.61 Å². The number of rotatable bonds is 4. The molecule has 4 heteroatoms. The van der Waals surface area contributed by atoms with E-state index >= 15 is 0 Å². The Balaban J connectivity index is 3.33. The maximum absolute atomic E-state index is 12.2. The number of halogens is 3. The Bertz CT molecular complexity index is 77.4. The van der Waals surface area contributed by atoms with E-state index in [0.29, 0.717) is 6.61 Å². The van der Waals surface area contributed by atoms with Crippen molar-refractivity contribution in [2.24, 2.45) is 0 Å². The summed E-state index contributed by atoms with van der Waals surface area (Å²) in [4.78, 5) is 0. The topological polar surface area (TPSA) is 9.23 Å². The normalized spacial score (nSPS) is 12.0. The molecule has 0 atom stereocenters. The van der Waals surface area contributed by atoms with Crippen molar-refractivity contribution in [1.82, 2.24) is 0 Å². The van der Waals surface area contributed by atoms with Crippen molar-refractivity contribution in [3.63, 3.8) is 0 Å². The standard InChI is InChI=1S/C5H9BrF2O/c1-2-9-4-5(7,8)3-6/h2-4H2,1H3. The SMILES string of the molecule is CCOCC(F)(F)CBr. The largest absolute Gasteiger partial charge is 0.375 e. The highest BCUT2D eigenvalue weighted by Gasteiger charge is 2.26. The van der Waals surface area contributed by atoms with Gasteiger partial charge in [0.15, 0.2) is 0 Å². The third-order valence-corrected chi connectivity index (χ3v) is 1.53. The average molecular weight is 203 g/mol. The molecule has 56 valence electrons. The molecule has 0 aliphatic carbocycles. The molecule has 0 N–H and O–H groups in total. The summed E-state index contributed by atoms with van der Waals surface area (Å²) in [6, 6.07) is 0. The first-order valence-corrected chi connectivity index (χ1v) is 3.76. The number of alkyl halides is 3. The first-order chi connectivity index (χ1) is 4.12. The smallest absolute Gasteiger partial charge is 0.280 e. The van der Waals surface area contributed by atoms with E-state index in [1.165, 1.54) is 0 Å². The van der Waals surface area contributed by atoms with Crippen molar-refractivity contribution < 1.29 is 13.5 Å². The summed E-state index contributed by atoms with van der Waals surface area (Å²) in [6.45, 7) is 1.53. The molecular formula is C5H9BrF2O. The first-order valence-electron chi connectivity index (χ1n) is 2.64. The Labute approximate surface area is 61.5 Å². The molecule has 0 aliphatic rings. The Morgan fingerprint density at radius 2 is 2.11 bits per heavy atom. The molecule has 0 saturated heterocycles. The second-order valence-corrected chi connectivity index (χ2v) is 2.19. The Kier molecular flexibility index (Phi) is 4.31. The van der Waals surface area contributed by atoms with Gasteiger partial charge >= 0.3 is 0 Å². The van der Waals surface area contributed by atoms with E-state index in [9.17, 15) is 8.78 Å². The first kappa shape index (κ1) is 9.30. The summed E-state index contributed by atoms with van der Waals surface area (Å²) in [7, 11) is 0. The van der Waals surface area contributed by atoms with Crippen LogP contribution in [0.25, 0.3) is 0 Å². The predicted molar refractivity (Wildman–Crippen MR) is 35.2 cm³/mol. The highest BCUT2D eigenvalue weighted by atomic mass is 79.9. The molecule has 0 heterocycles. The number of hydrogen-bond donors (Lipinski definition) is 0. The lowest BCUT2D eigenvalue weighted by Crippen LogP contribution is -2.25. The zero-order valence-electron chi connectivity index (χ0n) is 5.16. The van der Waals surface area contributed by atoms with E-state index in [1.54, 1.807) is 6.92 Å². The van der Waals surface area contributed by atoms with Crippen molar-refractivity contribution in [2.75, 3.05) is 18.5 Å². The minimum absolute atomic E-state index is 0.333. The number of ether oxygens (including phenoxy) is 1. The molecule has 0 fully saturated rings. The molecule has 0 aliphatic heterocycles. The second-order valence-electron chi connectivity index (χ2n) is 1.63. The van der Waals surface area contributed by atoms with Gasteiger partial charge in [-0.25, -0.2) is 8.78 Å². The van der Waals surface area contributed by atoms with Crippen LogP contribution in [-0.4, -0.2) is 24.5 Å². The van der Waals surface area contributed by atoms with Crippen molar-refractivity contribution in [1.29, 1.82) is 0 Å². The predicted octanol–water partition coefficient (Wildman–Crippen LogP) is 2.05. The Morgan fingerprint density at radius 1 is 1.56 bits per heavy atom. The third-order valence-electron chi connectivity index (χ3n) is 0.713. The fraction of sp³-hybridized carbons (Fsp3) is 1.00. The quantitative estimate of drug-likeness (QED) is 0.635. The lowest BCUT2D eigenvalue weighted by atomic mass is 10.4. The zero-order valence-corrected chi connectivity index (χ0v) is 6.75. The molecule has 0 aromatic heterocycles. The monoisotopic (exact) mass is 202 g/mol. The van der Waals surface area contributed by atoms with Gasteiger partial charge in [-0.1, -0.05) is 15.9 Å². The van der Waals surface area contributed by atoms with Crippen LogP contribution in [0.4, 0.5) is 8.78 Å². The maximum atomic E-state index is 12.2. The van der Waals surface area contributed by atoms with E-state index in [4.69, 9.17) is 0 Å². The molecule has 0 amide bonds. The van der Waals surface area contributed by atoms with E-state index in [-0.39, 0.29) is 5.33 Å². The lowest BCUT2D eigenvalue weighted by Gasteiger charge is -2.11. The third kappa shape index (κ3) is 4.78. The van der Waals surface area contributed by atoms with Crippen molar-refractivity contribution in [3.05, 3.63) is 0 Å². The van der Waals surface area contributed by atoms with Crippen LogP contribution >= 0.6 is 15.9 Å². The Morgan fingerprint density at radius 3 is 2.44 bits per heavy atom. The molecule has 0 spiro atoms. The molecule has 9 heavy (non-hydrogen) atoms. The summed E-state index contributed by atoms with van der Waals surface area (Å²) >= 11 is 2.67. The van der Waals surface area contributed by atoms with Crippen LogP contribution in [0.1, 0.15) is 6.92 Å². The summed E-state index contributed by atoms with van der Waals surface area (Å²) in [5.74, 6) is -2.71. The van der Waals surface area contributed by atoms with Crippen LogP contribution in [0.5, 0.6) is 0 Å². The van der Waals surface area contributed by atoms with Crippen LogP contribution in [0, 0.1) is 0 Å². The minimum atomic E-state index is -2.71. The molecule has 0 aromatic carbocycles. The molecule has 0 aromatic rings. The molecule has 1 nitrogen and oxygen atoms in total. The lowest BCUT2D eigenvalue weighted by molar-refractivity contribution is -0.0547. The van der Waals surface area contributed by atoms with Crippen LogP contribution < -0.4 is 0 Å². The van der Waals surface area contributed by atoms with Gasteiger partial charge in [-0.2, -0.15) is 0 Å². The van der Waals surface area contributed by atoms with Gasteiger partial charge in [-0.15, -0.1) is 0 Å². The van der Waals surface area contributed by atoms with Gasteiger partial charge in [0.05, 0.1) is 5.33 Å². The van der Waals surface area contributed by atoms with Crippen molar-refractivity contribution in [3.8, 4) is 0 Å². The zero-order chi connectivity index (χ0) is 7.33. The van der Waals surface area contributed by atoms with Crippen LogP contribution in [0.2, 0.25) is 0 Å². The van der Waals surface area contributed by atoms with Gasteiger partial charge in [-0.05, 0) is 6.92 Å². The highest BCUT2D eigenvalue weighted by molar-refractivity contribution is 9.09. The van der Waals surface area contributed by atoms with E-state index in [0.717, 1.165) is 0 Å². The summed E-state index contributed by atoms with van der Waals surface area (Å²) in [5, 5.41) is -0.333. The summed E-state index contributed by atoms with van der Waals surface area (Å²) in [5.41, 5.74) is 0. The van der Waals surface area contributed by atoms with Crippen molar-refractivity contribution >= 4 is 15.9 Å². The molecule has 0 unspecified atom stereocenters. The van der Waals surface area contributed by atoms with Crippen molar-refractivity contribution in [2.45, 2.75) is 12.8 Å². The average Bonchev–Trinajstić information content (AvgIpc) is 1.84. The Hall–Kier alpha value is 0.300. The van der Waals surface area contributed by atoms with E-state index < -0.39 is 12.5 Å². The molecule has 0 rings (SSSR count). The maximum Gasteiger partial charge on any atom is 0.280 e. The van der Waals surface area contributed by atoms with Crippen LogP contribution in [0.3, 0.4) is 0 Å². The summed E-state index contributed by atoms with van der Waals surface area (Å²) < 4.78 is 28.8. The molecule has 0 bridgehead atoms. The van der Waals surface area contributed by atoms with Gasteiger partial charge in [0, 0.05) is 6.61 Å². The highest BCUT2D eigenvalue weighted by Crippen LogP contribution is 2.15. The second kappa shape index (κ2) is 4.17. The molecular weight excluding hydrogens is 194 g/mol. The fourth-order valence-corrected chi connectivity index (χ4v) is 0.452. The van der Waals surface area contributed by atoms with Crippen LogP contribution in [-0.2, 0) is 4.74 Å². The number of hydrogen-bond acceptors (Lipinski definition) is 1. The van der Waals surface area contributed by atoms with Gasteiger partial charge < -0.3 is 4.74 Å². The summed E-state index contributed by atoms with van der Waals surface area (Å²) in [6.07, 6.45) is 0. The van der Waals surface area contributed by atoms with Gasteiger partial charge in [0.25, 0.3) is 5.92 Å². The van der Waals surface area contributed by atoms with E-state index in [2.05, 4.69) is 20.7 Å². The van der Waals surface area contributed by atoms with Gasteiger partial charge in [-0.3, -0.25) is 0 Å². The van der Waals surface area contributed by atoms with Gasteiger partial charge in [0.2, 0.25) is 0 Å².